The maximum absolute atomic E-state index is 12.2. The Morgan fingerprint density at radius 1 is 1.14 bits per heavy atom. The van der Waals surface area contributed by atoms with E-state index in [-0.39, 0.29) is 10.2 Å². The van der Waals surface area contributed by atoms with Gasteiger partial charge in [0.25, 0.3) is 0 Å². The van der Waals surface area contributed by atoms with E-state index in [1.807, 2.05) is 11.4 Å². The first-order valence-corrected chi connectivity index (χ1v) is 8.28. The lowest BCUT2D eigenvalue weighted by Gasteiger charge is -2.11. The van der Waals surface area contributed by atoms with Crippen LogP contribution in [0.2, 0.25) is 0 Å². The molecule has 1 aromatic carbocycles. The zero-order valence-electron chi connectivity index (χ0n) is 10.5. The summed E-state index contributed by atoms with van der Waals surface area (Å²) in [5.74, 6) is -0.242. The molecule has 0 fully saturated rings. The third-order valence-electron chi connectivity index (χ3n) is 2.47. The molecule has 0 amide bonds. The first kappa shape index (κ1) is 16.8. The highest BCUT2D eigenvalue weighted by Crippen LogP contribution is 2.31. The van der Waals surface area contributed by atoms with E-state index in [4.69, 9.17) is 0 Å². The summed E-state index contributed by atoms with van der Waals surface area (Å²) >= 11 is 8.10. The van der Waals surface area contributed by atoms with Gasteiger partial charge in [-0.15, -0.1) is 24.5 Å². The van der Waals surface area contributed by atoms with E-state index in [1.165, 1.54) is 10.9 Å². The van der Waals surface area contributed by atoms with Crippen LogP contribution in [0.4, 0.5) is 13.2 Å². The average molecular weight is 445 g/mol. The maximum atomic E-state index is 12.2. The summed E-state index contributed by atoms with van der Waals surface area (Å²) in [6, 6.07) is 6.53. The molecule has 0 bridgehead atoms. The molecular formula is C13H10Br2F3NOS. The highest BCUT2D eigenvalue weighted by Gasteiger charge is 2.31. The standard InChI is InChI=1S/C13H10Br2F3NOS/c14-9-4-10(21-7-9)6-19-5-8-1-2-12(11(15)3-8)20-13(16,17)18/h1-4,7,19H,5-6H2. The van der Waals surface area contributed by atoms with Crippen LogP contribution >= 0.6 is 43.2 Å². The highest BCUT2D eigenvalue weighted by molar-refractivity contribution is 9.10. The van der Waals surface area contributed by atoms with Crippen molar-refractivity contribution in [2.45, 2.75) is 19.5 Å². The van der Waals surface area contributed by atoms with Crippen molar-refractivity contribution in [3.63, 3.8) is 0 Å². The van der Waals surface area contributed by atoms with E-state index in [2.05, 4.69) is 41.9 Å². The topological polar surface area (TPSA) is 21.3 Å². The van der Waals surface area contributed by atoms with Gasteiger partial charge in [0.15, 0.2) is 0 Å². The van der Waals surface area contributed by atoms with Crippen molar-refractivity contribution in [1.29, 1.82) is 0 Å². The van der Waals surface area contributed by atoms with Gasteiger partial charge in [-0.2, -0.15) is 0 Å². The normalized spacial score (nSPS) is 11.7. The van der Waals surface area contributed by atoms with Gasteiger partial charge in [-0.05, 0) is 55.6 Å². The van der Waals surface area contributed by atoms with Crippen LogP contribution in [-0.2, 0) is 13.1 Å². The fraction of sp³-hybridized carbons (Fsp3) is 0.231. The Balaban J connectivity index is 1.91. The van der Waals surface area contributed by atoms with Crippen molar-refractivity contribution in [2.24, 2.45) is 0 Å². The van der Waals surface area contributed by atoms with Crippen LogP contribution in [0.5, 0.6) is 5.75 Å². The smallest absolute Gasteiger partial charge is 0.405 e. The lowest BCUT2D eigenvalue weighted by molar-refractivity contribution is -0.274. The Kier molecular flexibility index (Phi) is 5.70. The van der Waals surface area contributed by atoms with E-state index in [9.17, 15) is 13.2 Å². The van der Waals surface area contributed by atoms with E-state index in [0.717, 1.165) is 10.0 Å². The molecule has 2 rings (SSSR count). The lowest BCUT2D eigenvalue weighted by atomic mass is 10.2. The molecule has 21 heavy (non-hydrogen) atoms. The number of ether oxygens (including phenoxy) is 1. The number of hydrogen-bond acceptors (Lipinski definition) is 3. The molecule has 0 aliphatic carbocycles. The molecule has 0 radical (unpaired) electrons. The third kappa shape index (κ3) is 5.61. The van der Waals surface area contributed by atoms with E-state index in [1.54, 1.807) is 23.5 Å². The summed E-state index contributed by atoms with van der Waals surface area (Å²) in [5.41, 5.74) is 0.868. The van der Waals surface area contributed by atoms with Crippen LogP contribution in [-0.4, -0.2) is 6.36 Å². The highest BCUT2D eigenvalue weighted by atomic mass is 79.9. The number of thiophene rings is 1. The molecule has 0 saturated heterocycles. The first-order chi connectivity index (χ1) is 9.83. The van der Waals surface area contributed by atoms with Crippen LogP contribution in [0.15, 0.2) is 38.6 Å². The summed E-state index contributed by atoms with van der Waals surface area (Å²) in [6.07, 6.45) is -4.69. The molecule has 0 aliphatic heterocycles. The zero-order chi connectivity index (χ0) is 15.5. The van der Waals surface area contributed by atoms with Gasteiger partial charge in [-0.1, -0.05) is 6.07 Å². The first-order valence-electron chi connectivity index (χ1n) is 5.81. The van der Waals surface area contributed by atoms with Crippen molar-refractivity contribution >= 4 is 43.2 Å². The molecule has 0 saturated carbocycles. The third-order valence-corrected chi connectivity index (χ3v) is 4.79. The molecule has 0 unspecified atom stereocenters. The molecule has 2 aromatic rings. The van der Waals surface area contributed by atoms with E-state index >= 15 is 0 Å². The number of nitrogens with one attached hydrogen (secondary N) is 1. The predicted molar refractivity (Wildman–Crippen MR) is 83.4 cm³/mol. The molecule has 2 nitrogen and oxygen atoms in total. The second-order valence-electron chi connectivity index (χ2n) is 4.15. The molecule has 1 N–H and O–H groups in total. The van der Waals surface area contributed by atoms with Crippen molar-refractivity contribution in [1.82, 2.24) is 5.32 Å². The molecular weight excluding hydrogens is 435 g/mol. The quantitative estimate of drug-likeness (QED) is 0.660. The van der Waals surface area contributed by atoms with Crippen LogP contribution < -0.4 is 10.1 Å². The minimum Gasteiger partial charge on any atom is -0.405 e. The van der Waals surface area contributed by atoms with Gasteiger partial charge in [0.05, 0.1) is 4.47 Å². The molecule has 114 valence electrons. The molecule has 0 aliphatic rings. The summed E-state index contributed by atoms with van der Waals surface area (Å²) < 4.78 is 41.7. The van der Waals surface area contributed by atoms with E-state index < -0.39 is 6.36 Å². The van der Waals surface area contributed by atoms with Gasteiger partial charge in [-0.25, -0.2) is 0 Å². The SMILES string of the molecule is FC(F)(F)Oc1ccc(CNCc2cc(Br)cs2)cc1Br. The minimum absolute atomic E-state index is 0.242. The van der Waals surface area contributed by atoms with Crippen molar-refractivity contribution in [3.05, 3.63) is 49.0 Å². The maximum Gasteiger partial charge on any atom is 0.573 e. The number of benzene rings is 1. The second-order valence-corrected chi connectivity index (χ2v) is 6.91. The summed E-state index contributed by atoms with van der Waals surface area (Å²) in [7, 11) is 0. The van der Waals surface area contributed by atoms with Crippen molar-refractivity contribution < 1.29 is 17.9 Å². The second kappa shape index (κ2) is 7.13. The van der Waals surface area contributed by atoms with E-state index in [0.29, 0.717) is 13.1 Å². The minimum atomic E-state index is -4.69. The molecule has 8 heteroatoms. The van der Waals surface area contributed by atoms with Crippen LogP contribution in [0, 0.1) is 0 Å². The van der Waals surface area contributed by atoms with Gasteiger partial charge in [0.2, 0.25) is 0 Å². The predicted octanol–water partition coefficient (Wildman–Crippen LogP) is 5.46. The monoisotopic (exact) mass is 443 g/mol. The van der Waals surface area contributed by atoms with Gasteiger partial charge in [-0.3, -0.25) is 0 Å². The van der Waals surface area contributed by atoms with Gasteiger partial charge < -0.3 is 10.1 Å². The van der Waals surface area contributed by atoms with Gasteiger partial charge >= 0.3 is 6.36 Å². The molecule has 1 aromatic heterocycles. The summed E-state index contributed by atoms with van der Waals surface area (Å²) in [5, 5.41) is 5.23. The fourth-order valence-electron chi connectivity index (χ4n) is 1.64. The average Bonchev–Trinajstić information content (AvgIpc) is 2.77. The van der Waals surface area contributed by atoms with Gasteiger partial charge in [0, 0.05) is 27.8 Å². The Morgan fingerprint density at radius 3 is 2.48 bits per heavy atom. The molecule has 0 atom stereocenters. The Hall–Kier alpha value is -0.570. The van der Waals surface area contributed by atoms with Crippen LogP contribution in [0.25, 0.3) is 0 Å². The largest absolute Gasteiger partial charge is 0.573 e. The Labute approximate surface area is 140 Å². The number of alkyl halides is 3. The lowest BCUT2D eigenvalue weighted by Crippen LogP contribution is -2.17. The summed E-state index contributed by atoms with van der Waals surface area (Å²) in [4.78, 5) is 1.18. The van der Waals surface area contributed by atoms with Crippen molar-refractivity contribution in [3.8, 4) is 5.75 Å². The van der Waals surface area contributed by atoms with Crippen LogP contribution in [0.1, 0.15) is 10.4 Å². The molecule has 1 heterocycles. The Bertz CT molecular complexity index is 616. The Morgan fingerprint density at radius 2 is 1.90 bits per heavy atom. The number of halogens is 5. The van der Waals surface area contributed by atoms with Gasteiger partial charge in [0.1, 0.15) is 5.75 Å². The van der Waals surface area contributed by atoms with Crippen LogP contribution in [0.3, 0.4) is 0 Å². The zero-order valence-corrected chi connectivity index (χ0v) is 14.5. The van der Waals surface area contributed by atoms with Crippen molar-refractivity contribution in [2.75, 3.05) is 0 Å². The number of rotatable bonds is 5. The number of hydrogen-bond donors (Lipinski definition) is 1. The fourth-order valence-corrected chi connectivity index (χ4v) is 3.57. The summed E-state index contributed by atoms with van der Waals surface area (Å²) in [6.45, 7) is 1.26. The molecule has 0 spiro atoms.